The highest BCUT2D eigenvalue weighted by Gasteiger charge is 2.12. The largest absolute Gasteiger partial charge is 0.492 e. The minimum atomic E-state index is -0.00501. The van der Waals surface area contributed by atoms with Gasteiger partial charge in [-0.05, 0) is 55.3 Å². The Morgan fingerprint density at radius 3 is 2.27 bits per heavy atom. The quantitative estimate of drug-likeness (QED) is 0.706. The van der Waals surface area contributed by atoms with Crippen LogP contribution >= 0.6 is 11.6 Å². The van der Waals surface area contributed by atoms with E-state index in [9.17, 15) is 4.79 Å². The molecule has 2 rings (SSSR count). The SMILES string of the molecule is CCc1cccc(CC)c1NC(=O)CN(C)CCOc1ccc(Cl)cc1. The zero-order chi connectivity index (χ0) is 18.9. The van der Waals surface area contributed by atoms with Gasteiger partial charge < -0.3 is 10.1 Å². The fourth-order valence-corrected chi connectivity index (χ4v) is 2.88. The molecule has 26 heavy (non-hydrogen) atoms. The molecule has 0 unspecified atom stereocenters. The van der Waals surface area contributed by atoms with E-state index in [-0.39, 0.29) is 5.91 Å². The van der Waals surface area contributed by atoms with E-state index >= 15 is 0 Å². The fraction of sp³-hybridized carbons (Fsp3) is 0.381. The molecule has 0 saturated carbocycles. The summed E-state index contributed by atoms with van der Waals surface area (Å²) in [4.78, 5) is 14.4. The van der Waals surface area contributed by atoms with Crippen molar-refractivity contribution in [3.8, 4) is 5.75 Å². The number of anilines is 1. The van der Waals surface area contributed by atoms with Crippen LogP contribution in [0.4, 0.5) is 5.69 Å². The first-order valence-corrected chi connectivity index (χ1v) is 9.38. The number of para-hydroxylation sites is 1. The lowest BCUT2D eigenvalue weighted by Crippen LogP contribution is -2.33. The zero-order valence-electron chi connectivity index (χ0n) is 15.7. The number of amides is 1. The Kier molecular flexibility index (Phi) is 7.95. The topological polar surface area (TPSA) is 41.6 Å². The monoisotopic (exact) mass is 374 g/mol. The van der Waals surface area contributed by atoms with E-state index in [1.54, 1.807) is 12.1 Å². The predicted molar refractivity (Wildman–Crippen MR) is 108 cm³/mol. The molecule has 1 N–H and O–H groups in total. The second kappa shape index (κ2) is 10.2. The summed E-state index contributed by atoms with van der Waals surface area (Å²) in [6.07, 6.45) is 1.79. The number of aryl methyl sites for hydroxylation is 2. The number of benzene rings is 2. The summed E-state index contributed by atoms with van der Waals surface area (Å²) < 4.78 is 5.67. The van der Waals surface area contributed by atoms with Gasteiger partial charge in [0.1, 0.15) is 12.4 Å². The summed E-state index contributed by atoms with van der Waals surface area (Å²) in [7, 11) is 1.91. The van der Waals surface area contributed by atoms with Crippen LogP contribution in [0.1, 0.15) is 25.0 Å². The smallest absolute Gasteiger partial charge is 0.238 e. The van der Waals surface area contributed by atoms with Crippen molar-refractivity contribution < 1.29 is 9.53 Å². The van der Waals surface area contributed by atoms with E-state index in [1.165, 1.54) is 11.1 Å². The fourth-order valence-electron chi connectivity index (χ4n) is 2.76. The molecule has 4 nitrogen and oxygen atoms in total. The van der Waals surface area contributed by atoms with Crippen molar-refractivity contribution in [1.29, 1.82) is 0 Å². The van der Waals surface area contributed by atoms with Gasteiger partial charge in [0.05, 0.1) is 6.54 Å². The Hall–Kier alpha value is -2.04. The van der Waals surface area contributed by atoms with Crippen LogP contribution in [0.3, 0.4) is 0 Å². The predicted octanol–water partition coefficient (Wildman–Crippen LogP) is 4.41. The number of halogens is 1. The number of carbonyl (C=O) groups excluding carboxylic acids is 1. The van der Waals surface area contributed by atoms with Gasteiger partial charge in [0, 0.05) is 17.3 Å². The maximum Gasteiger partial charge on any atom is 0.238 e. The number of likely N-dealkylation sites (N-methyl/N-ethyl adjacent to an activating group) is 1. The normalized spacial score (nSPS) is 10.8. The van der Waals surface area contributed by atoms with Crippen molar-refractivity contribution in [3.63, 3.8) is 0 Å². The maximum absolute atomic E-state index is 12.4. The van der Waals surface area contributed by atoms with Crippen molar-refractivity contribution in [2.24, 2.45) is 0 Å². The molecule has 0 spiro atoms. The third kappa shape index (κ3) is 6.04. The van der Waals surface area contributed by atoms with Crippen LogP contribution in [0.15, 0.2) is 42.5 Å². The summed E-state index contributed by atoms with van der Waals surface area (Å²) in [5, 5.41) is 3.78. The number of ether oxygens (including phenoxy) is 1. The van der Waals surface area contributed by atoms with Gasteiger partial charge >= 0.3 is 0 Å². The third-order valence-electron chi connectivity index (χ3n) is 4.23. The van der Waals surface area contributed by atoms with Crippen LogP contribution in [0.5, 0.6) is 5.75 Å². The highest BCUT2D eigenvalue weighted by Crippen LogP contribution is 2.22. The van der Waals surface area contributed by atoms with Crippen LogP contribution in [0, 0.1) is 0 Å². The minimum Gasteiger partial charge on any atom is -0.492 e. The second-order valence-electron chi connectivity index (χ2n) is 6.25. The number of rotatable bonds is 9. The maximum atomic E-state index is 12.4. The van der Waals surface area contributed by atoms with Crippen molar-refractivity contribution >= 4 is 23.2 Å². The molecular formula is C21H27ClN2O2. The average Bonchev–Trinajstić information content (AvgIpc) is 2.63. The average molecular weight is 375 g/mol. The van der Waals surface area contributed by atoms with Gasteiger partial charge in [-0.15, -0.1) is 0 Å². The van der Waals surface area contributed by atoms with Gasteiger partial charge in [0.2, 0.25) is 5.91 Å². The molecule has 0 atom stereocenters. The molecule has 0 fully saturated rings. The van der Waals surface area contributed by atoms with Gasteiger partial charge in [-0.1, -0.05) is 43.6 Å². The van der Waals surface area contributed by atoms with Gasteiger partial charge in [-0.3, -0.25) is 9.69 Å². The standard InChI is InChI=1S/C21H27ClN2O2/c1-4-16-7-6-8-17(5-2)21(16)23-20(25)15-24(3)13-14-26-19-11-9-18(22)10-12-19/h6-12H,4-5,13-15H2,1-3H3,(H,23,25). The first kappa shape index (κ1) is 20.3. The molecule has 5 heteroatoms. The minimum absolute atomic E-state index is 0.00501. The highest BCUT2D eigenvalue weighted by molar-refractivity contribution is 6.30. The van der Waals surface area contributed by atoms with Crippen molar-refractivity contribution in [2.45, 2.75) is 26.7 Å². The van der Waals surface area contributed by atoms with E-state index in [0.717, 1.165) is 24.3 Å². The van der Waals surface area contributed by atoms with E-state index in [1.807, 2.05) is 30.1 Å². The lowest BCUT2D eigenvalue weighted by atomic mass is 10.0. The first-order chi connectivity index (χ1) is 12.5. The molecule has 0 aromatic heterocycles. The number of hydrogen-bond acceptors (Lipinski definition) is 3. The van der Waals surface area contributed by atoms with E-state index in [4.69, 9.17) is 16.3 Å². The Balaban J connectivity index is 1.83. The molecule has 0 aliphatic rings. The summed E-state index contributed by atoms with van der Waals surface area (Å²) in [5.74, 6) is 0.770. The molecule has 1 amide bonds. The molecule has 0 aliphatic carbocycles. The number of hydrogen-bond donors (Lipinski definition) is 1. The lowest BCUT2D eigenvalue weighted by Gasteiger charge is -2.19. The van der Waals surface area contributed by atoms with Crippen molar-refractivity contribution in [3.05, 3.63) is 58.6 Å². The molecule has 2 aromatic carbocycles. The van der Waals surface area contributed by atoms with Gasteiger partial charge in [0.15, 0.2) is 0 Å². The molecule has 0 bridgehead atoms. The molecule has 0 radical (unpaired) electrons. The summed E-state index contributed by atoms with van der Waals surface area (Å²) in [6.45, 7) is 5.70. The molecule has 0 aliphatic heterocycles. The lowest BCUT2D eigenvalue weighted by molar-refractivity contribution is -0.117. The second-order valence-corrected chi connectivity index (χ2v) is 6.68. The van der Waals surface area contributed by atoms with E-state index < -0.39 is 0 Å². The third-order valence-corrected chi connectivity index (χ3v) is 4.48. The van der Waals surface area contributed by atoms with Crippen LogP contribution in [0.25, 0.3) is 0 Å². The Labute approximate surface area is 161 Å². The van der Waals surface area contributed by atoms with E-state index in [2.05, 4.69) is 31.3 Å². The summed E-state index contributed by atoms with van der Waals surface area (Å²) in [6, 6.07) is 13.4. The van der Waals surface area contributed by atoms with Crippen molar-refractivity contribution in [1.82, 2.24) is 4.90 Å². The summed E-state index contributed by atoms with van der Waals surface area (Å²) >= 11 is 5.85. The van der Waals surface area contributed by atoms with Crippen molar-refractivity contribution in [2.75, 3.05) is 32.1 Å². The van der Waals surface area contributed by atoms with Crippen LogP contribution in [-0.4, -0.2) is 37.6 Å². The molecular weight excluding hydrogens is 348 g/mol. The van der Waals surface area contributed by atoms with Gasteiger partial charge in [0.25, 0.3) is 0 Å². The first-order valence-electron chi connectivity index (χ1n) is 9.01. The zero-order valence-corrected chi connectivity index (χ0v) is 16.5. The van der Waals surface area contributed by atoms with Gasteiger partial charge in [-0.25, -0.2) is 0 Å². The number of nitrogens with one attached hydrogen (secondary N) is 1. The van der Waals surface area contributed by atoms with Crippen LogP contribution < -0.4 is 10.1 Å². The highest BCUT2D eigenvalue weighted by atomic mass is 35.5. The summed E-state index contributed by atoms with van der Waals surface area (Å²) in [5.41, 5.74) is 3.31. The molecule has 0 heterocycles. The Bertz CT molecular complexity index is 694. The molecule has 2 aromatic rings. The molecule has 0 saturated heterocycles. The van der Waals surface area contributed by atoms with Crippen LogP contribution in [-0.2, 0) is 17.6 Å². The molecule has 140 valence electrons. The van der Waals surface area contributed by atoms with Gasteiger partial charge in [-0.2, -0.15) is 0 Å². The Morgan fingerprint density at radius 1 is 1.08 bits per heavy atom. The number of nitrogens with zero attached hydrogens (tertiary/aromatic N) is 1. The number of carbonyl (C=O) groups is 1. The van der Waals surface area contributed by atoms with Crippen LogP contribution in [0.2, 0.25) is 5.02 Å². The Morgan fingerprint density at radius 2 is 1.69 bits per heavy atom. The van der Waals surface area contributed by atoms with E-state index in [0.29, 0.717) is 24.7 Å².